The van der Waals surface area contributed by atoms with E-state index in [2.05, 4.69) is 15.0 Å². The lowest BCUT2D eigenvalue weighted by Gasteiger charge is -2.24. The van der Waals surface area contributed by atoms with Crippen LogP contribution < -0.4 is 14.3 Å². The minimum Gasteiger partial charge on any atom is -0.325 e. The molecule has 9 nitrogen and oxygen atoms in total. The Morgan fingerprint density at radius 3 is 2.18 bits per heavy atom. The first-order chi connectivity index (χ1) is 18.0. The van der Waals surface area contributed by atoms with E-state index in [0.717, 1.165) is 9.87 Å². The van der Waals surface area contributed by atoms with E-state index < -0.39 is 32.5 Å². The largest absolute Gasteiger partial charge is 0.325 e. The van der Waals surface area contributed by atoms with Gasteiger partial charge in [-0.25, -0.2) is 16.8 Å². The first kappa shape index (κ1) is 27.1. The van der Waals surface area contributed by atoms with Gasteiger partial charge in [0, 0.05) is 16.9 Å². The summed E-state index contributed by atoms with van der Waals surface area (Å²) in [7, 11) is -7.98. The predicted molar refractivity (Wildman–Crippen MR) is 147 cm³/mol. The fourth-order valence-electron chi connectivity index (χ4n) is 3.47. The summed E-state index contributed by atoms with van der Waals surface area (Å²) >= 11 is 6.10. The molecule has 0 bridgehead atoms. The zero-order valence-electron chi connectivity index (χ0n) is 20.1. The summed E-state index contributed by atoms with van der Waals surface area (Å²) in [4.78, 5) is 16.8. The molecule has 0 aliphatic heterocycles. The van der Waals surface area contributed by atoms with Crippen molar-refractivity contribution in [2.24, 2.45) is 0 Å². The van der Waals surface area contributed by atoms with Gasteiger partial charge in [-0.15, -0.1) is 0 Å². The molecule has 0 fully saturated rings. The molecular weight excluding hydrogens is 548 g/mol. The van der Waals surface area contributed by atoms with E-state index >= 15 is 0 Å². The van der Waals surface area contributed by atoms with Crippen LogP contribution in [0.2, 0.25) is 5.02 Å². The minimum atomic E-state index is -4.11. The average molecular weight is 571 g/mol. The van der Waals surface area contributed by atoms with Crippen LogP contribution in [0.15, 0.2) is 107 Å². The SMILES string of the molecule is Cc1ccc(S(=O)(=O)N(CC(=O)Nc2ccc(S(=O)(=O)Nc3cccnc3)cc2)c2cccc(Cl)c2)cc1. The second-order valence-corrected chi connectivity index (χ2v) is 12.2. The molecule has 3 aromatic carbocycles. The molecule has 4 rings (SSSR count). The van der Waals surface area contributed by atoms with Crippen LogP contribution in [0.25, 0.3) is 0 Å². The molecule has 196 valence electrons. The molecule has 1 amide bonds. The van der Waals surface area contributed by atoms with Gasteiger partial charge in [0.25, 0.3) is 20.0 Å². The Balaban J connectivity index is 1.53. The van der Waals surface area contributed by atoms with E-state index in [1.807, 2.05) is 6.92 Å². The van der Waals surface area contributed by atoms with Gasteiger partial charge in [0.2, 0.25) is 5.91 Å². The lowest BCUT2D eigenvalue weighted by atomic mass is 10.2. The van der Waals surface area contributed by atoms with Gasteiger partial charge in [0.1, 0.15) is 6.54 Å². The minimum absolute atomic E-state index is 0.0200. The van der Waals surface area contributed by atoms with Crippen molar-refractivity contribution in [1.82, 2.24) is 4.98 Å². The van der Waals surface area contributed by atoms with Gasteiger partial charge in [-0.1, -0.05) is 35.4 Å². The highest BCUT2D eigenvalue weighted by Crippen LogP contribution is 2.26. The van der Waals surface area contributed by atoms with E-state index in [1.165, 1.54) is 54.9 Å². The third-order valence-electron chi connectivity index (χ3n) is 5.35. The number of halogens is 1. The monoisotopic (exact) mass is 570 g/mol. The van der Waals surface area contributed by atoms with Crippen LogP contribution in [0.5, 0.6) is 0 Å². The van der Waals surface area contributed by atoms with E-state index in [9.17, 15) is 21.6 Å². The number of sulfonamides is 2. The molecule has 0 atom stereocenters. The summed E-state index contributed by atoms with van der Waals surface area (Å²) < 4.78 is 55.6. The van der Waals surface area contributed by atoms with E-state index in [-0.39, 0.29) is 21.2 Å². The maximum atomic E-state index is 13.5. The van der Waals surface area contributed by atoms with Gasteiger partial charge in [-0.3, -0.25) is 18.8 Å². The Bertz CT molecular complexity index is 1650. The fourth-order valence-corrected chi connectivity index (χ4v) is 6.11. The van der Waals surface area contributed by atoms with Gasteiger partial charge in [-0.2, -0.15) is 0 Å². The molecule has 38 heavy (non-hydrogen) atoms. The first-order valence-corrected chi connectivity index (χ1v) is 14.5. The van der Waals surface area contributed by atoms with Crippen LogP contribution in [0.1, 0.15) is 5.56 Å². The van der Waals surface area contributed by atoms with Gasteiger partial charge in [0.15, 0.2) is 0 Å². The maximum Gasteiger partial charge on any atom is 0.264 e. The van der Waals surface area contributed by atoms with Crippen LogP contribution in [-0.2, 0) is 24.8 Å². The summed E-state index contributed by atoms with van der Waals surface area (Å²) in [6.07, 6.45) is 2.90. The fraction of sp³-hybridized carbons (Fsp3) is 0.0769. The number of nitrogens with zero attached hydrogens (tertiary/aromatic N) is 2. The van der Waals surface area contributed by atoms with Crippen LogP contribution in [0.3, 0.4) is 0 Å². The first-order valence-electron chi connectivity index (χ1n) is 11.2. The Labute approximate surface area is 226 Å². The normalized spacial score (nSPS) is 11.5. The molecule has 0 spiro atoms. The van der Waals surface area contributed by atoms with E-state index in [0.29, 0.717) is 10.7 Å². The number of rotatable bonds is 9. The van der Waals surface area contributed by atoms with Crippen molar-refractivity contribution in [2.75, 3.05) is 20.9 Å². The number of carbonyl (C=O) groups excluding carboxylic acids is 1. The number of anilines is 3. The van der Waals surface area contributed by atoms with Crippen molar-refractivity contribution in [2.45, 2.75) is 16.7 Å². The van der Waals surface area contributed by atoms with Crippen molar-refractivity contribution in [3.8, 4) is 0 Å². The predicted octanol–water partition coefficient (Wildman–Crippen LogP) is 4.68. The summed E-state index contributed by atoms with van der Waals surface area (Å²) in [6.45, 7) is 1.29. The number of aromatic nitrogens is 1. The molecule has 0 aliphatic rings. The number of carbonyl (C=O) groups is 1. The number of benzene rings is 3. The number of nitrogens with one attached hydrogen (secondary N) is 2. The number of hydrogen-bond acceptors (Lipinski definition) is 6. The standard InChI is InChI=1S/C26H23ClN4O5S2/c1-19-7-11-25(12-8-19)38(35,36)31(23-6-2-4-20(27)16-23)18-26(32)29-21-9-13-24(14-10-21)37(33,34)30-22-5-3-15-28-17-22/h2-17,30H,18H2,1H3,(H,29,32). The Morgan fingerprint density at radius 1 is 0.868 bits per heavy atom. The topological polar surface area (TPSA) is 126 Å². The molecule has 12 heteroatoms. The third-order valence-corrected chi connectivity index (χ3v) is 8.77. The summed E-state index contributed by atoms with van der Waals surface area (Å²) in [5, 5.41) is 2.92. The lowest BCUT2D eigenvalue weighted by Crippen LogP contribution is -2.38. The highest BCUT2D eigenvalue weighted by atomic mass is 35.5. The molecule has 0 aliphatic carbocycles. The van der Waals surface area contributed by atoms with Crippen molar-refractivity contribution in [3.63, 3.8) is 0 Å². The van der Waals surface area contributed by atoms with Crippen molar-refractivity contribution < 1.29 is 21.6 Å². The molecule has 0 radical (unpaired) electrons. The Kier molecular flexibility index (Phi) is 8.00. The zero-order valence-corrected chi connectivity index (χ0v) is 22.5. The molecule has 1 aromatic heterocycles. The van der Waals surface area contributed by atoms with Crippen molar-refractivity contribution >= 4 is 54.6 Å². The number of aryl methyl sites for hydroxylation is 1. The third kappa shape index (κ3) is 6.49. The average Bonchev–Trinajstić information content (AvgIpc) is 2.88. The highest BCUT2D eigenvalue weighted by molar-refractivity contribution is 7.93. The number of amides is 1. The highest BCUT2D eigenvalue weighted by Gasteiger charge is 2.27. The van der Waals surface area contributed by atoms with Gasteiger partial charge in [0.05, 0.1) is 27.4 Å². The number of hydrogen-bond donors (Lipinski definition) is 2. The van der Waals surface area contributed by atoms with E-state index in [4.69, 9.17) is 11.6 Å². The molecule has 1 heterocycles. The van der Waals surface area contributed by atoms with Crippen molar-refractivity contribution in [3.05, 3.63) is 108 Å². The summed E-state index contributed by atoms with van der Waals surface area (Å²) in [5.41, 5.74) is 1.70. The maximum absolute atomic E-state index is 13.5. The lowest BCUT2D eigenvalue weighted by molar-refractivity contribution is -0.114. The van der Waals surface area contributed by atoms with Crippen LogP contribution in [-0.4, -0.2) is 34.3 Å². The van der Waals surface area contributed by atoms with E-state index in [1.54, 1.807) is 42.5 Å². The van der Waals surface area contributed by atoms with Gasteiger partial charge >= 0.3 is 0 Å². The summed E-state index contributed by atoms with van der Waals surface area (Å²) in [5.74, 6) is -0.634. The van der Waals surface area contributed by atoms with Crippen LogP contribution in [0, 0.1) is 6.92 Å². The molecular formula is C26H23ClN4O5S2. The Morgan fingerprint density at radius 2 is 1.55 bits per heavy atom. The molecule has 4 aromatic rings. The quantitative estimate of drug-likeness (QED) is 0.301. The molecule has 0 saturated carbocycles. The van der Waals surface area contributed by atoms with Crippen molar-refractivity contribution in [1.29, 1.82) is 0 Å². The Hall–Kier alpha value is -3.93. The second-order valence-electron chi connectivity index (χ2n) is 8.22. The molecule has 2 N–H and O–H groups in total. The van der Waals surface area contributed by atoms with Gasteiger partial charge < -0.3 is 5.32 Å². The van der Waals surface area contributed by atoms with Crippen LogP contribution >= 0.6 is 11.6 Å². The van der Waals surface area contributed by atoms with Crippen LogP contribution in [0.4, 0.5) is 17.1 Å². The number of pyridine rings is 1. The molecule has 0 unspecified atom stereocenters. The molecule has 0 saturated heterocycles. The second kappa shape index (κ2) is 11.2. The zero-order chi connectivity index (χ0) is 27.3. The summed E-state index contributed by atoms with van der Waals surface area (Å²) in [6, 6.07) is 21.1. The smallest absolute Gasteiger partial charge is 0.264 e. The van der Waals surface area contributed by atoms with Gasteiger partial charge in [-0.05, 0) is 73.7 Å².